The first-order valence-electron chi connectivity index (χ1n) is 8.98. The number of nitrogens with zero attached hydrogens (tertiary/aromatic N) is 4. The van der Waals surface area contributed by atoms with Gasteiger partial charge in [0.05, 0.1) is 31.2 Å². The summed E-state index contributed by atoms with van der Waals surface area (Å²) in [6.07, 6.45) is 4.13. The third-order valence-electron chi connectivity index (χ3n) is 5.42. The van der Waals surface area contributed by atoms with E-state index in [0.717, 1.165) is 51.4 Å². The molecular formula is C17H24F2N4O2. The molecule has 4 heterocycles. The van der Waals surface area contributed by atoms with Crippen LogP contribution in [-0.4, -0.2) is 70.8 Å². The van der Waals surface area contributed by atoms with Crippen molar-refractivity contribution in [2.45, 2.75) is 37.8 Å². The van der Waals surface area contributed by atoms with Gasteiger partial charge in [-0.15, -0.1) is 0 Å². The summed E-state index contributed by atoms with van der Waals surface area (Å²) < 4.78 is 33.3. The summed E-state index contributed by atoms with van der Waals surface area (Å²) in [4.78, 5) is 15.9. The monoisotopic (exact) mass is 354 g/mol. The van der Waals surface area contributed by atoms with E-state index in [1.54, 1.807) is 6.20 Å². The van der Waals surface area contributed by atoms with E-state index in [1.807, 2.05) is 10.7 Å². The molecule has 1 aromatic heterocycles. The topological polar surface area (TPSA) is 50.6 Å². The van der Waals surface area contributed by atoms with Crippen LogP contribution in [0.25, 0.3) is 0 Å². The van der Waals surface area contributed by atoms with Gasteiger partial charge < -0.3 is 9.64 Å². The Bertz CT molecular complexity index is 622. The molecule has 8 heteroatoms. The summed E-state index contributed by atoms with van der Waals surface area (Å²) in [6.45, 7) is 3.29. The lowest BCUT2D eigenvalue weighted by Crippen LogP contribution is -2.59. The van der Waals surface area contributed by atoms with E-state index >= 15 is 0 Å². The van der Waals surface area contributed by atoms with Gasteiger partial charge in [-0.2, -0.15) is 5.10 Å². The molecule has 6 nitrogen and oxygen atoms in total. The van der Waals surface area contributed by atoms with Gasteiger partial charge >= 0.3 is 0 Å². The Morgan fingerprint density at radius 1 is 1.32 bits per heavy atom. The fraction of sp³-hybridized carbons (Fsp3) is 0.765. The first-order chi connectivity index (χ1) is 12.0. The van der Waals surface area contributed by atoms with Crippen LogP contribution in [0.15, 0.2) is 12.3 Å². The number of hydrogen-bond acceptors (Lipinski definition) is 4. The maximum atomic E-state index is 13.0. The fourth-order valence-electron chi connectivity index (χ4n) is 4.07. The number of hydrogen-bond donors (Lipinski definition) is 0. The molecule has 0 aromatic carbocycles. The van der Waals surface area contributed by atoms with Crippen LogP contribution >= 0.6 is 0 Å². The molecule has 138 valence electrons. The Kier molecular flexibility index (Phi) is 4.49. The number of amides is 1. The first-order valence-corrected chi connectivity index (χ1v) is 8.98. The number of alkyl halides is 2. The van der Waals surface area contributed by atoms with Gasteiger partial charge in [-0.05, 0) is 24.8 Å². The highest BCUT2D eigenvalue weighted by Gasteiger charge is 2.46. The van der Waals surface area contributed by atoms with Crippen LogP contribution in [0, 0.1) is 5.92 Å². The molecule has 0 unspecified atom stereocenters. The molecule has 0 radical (unpaired) electrons. The second kappa shape index (κ2) is 6.64. The highest BCUT2D eigenvalue weighted by molar-refractivity contribution is 5.77. The number of aromatic nitrogens is 2. The van der Waals surface area contributed by atoms with Crippen LogP contribution in [0.3, 0.4) is 0 Å². The molecule has 4 rings (SSSR count). The zero-order valence-electron chi connectivity index (χ0n) is 14.2. The smallest absolute Gasteiger partial charge is 0.282 e. The average molecular weight is 354 g/mol. The largest absolute Gasteiger partial charge is 0.381 e. The normalized spacial score (nSPS) is 27.0. The van der Waals surface area contributed by atoms with E-state index in [2.05, 4.69) is 10.00 Å². The third kappa shape index (κ3) is 3.69. The molecule has 0 bridgehead atoms. The van der Waals surface area contributed by atoms with Crippen LogP contribution in [0.1, 0.15) is 31.0 Å². The molecule has 0 spiro atoms. The number of ether oxygens (including phenoxy) is 1. The zero-order valence-corrected chi connectivity index (χ0v) is 14.2. The van der Waals surface area contributed by atoms with Crippen LogP contribution in [0.4, 0.5) is 8.78 Å². The SMILES string of the molecule is O=C(C[C@@H]1CN(CC2CCOCC2)Cc2ccnn21)N1CC(F)(F)C1. The van der Waals surface area contributed by atoms with Crippen molar-refractivity contribution in [1.29, 1.82) is 0 Å². The summed E-state index contributed by atoms with van der Waals surface area (Å²) in [5.41, 5.74) is 1.09. The van der Waals surface area contributed by atoms with Gasteiger partial charge in [0, 0.05) is 39.0 Å². The van der Waals surface area contributed by atoms with Crippen molar-refractivity contribution in [3.8, 4) is 0 Å². The van der Waals surface area contributed by atoms with E-state index in [0.29, 0.717) is 5.92 Å². The zero-order chi connectivity index (χ0) is 17.4. The van der Waals surface area contributed by atoms with Crippen molar-refractivity contribution >= 4 is 5.91 Å². The van der Waals surface area contributed by atoms with E-state index in [4.69, 9.17) is 4.74 Å². The Morgan fingerprint density at radius 3 is 2.80 bits per heavy atom. The summed E-state index contributed by atoms with van der Waals surface area (Å²) in [7, 11) is 0. The molecule has 3 aliphatic rings. The molecule has 1 atom stereocenters. The van der Waals surface area contributed by atoms with Gasteiger partial charge in [0.15, 0.2) is 0 Å². The maximum Gasteiger partial charge on any atom is 0.282 e. The molecule has 3 aliphatic heterocycles. The van der Waals surface area contributed by atoms with Crippen molar-refractivity contribution < 1.29 is 18.3 Å². The Morgan fingerprint density at radius 2 is 2.08 bits per heavy atom. The minimum Gasteiger partial charge on any atom is -0.381 e. The van der Waals surface area contributed by atoms with Gasteiger partial charge in [0.2, 0.25) is 5.91 Å². The van der Waals surface area contributed by atoms with Gasteiger partial charge in [0.25, 0.3) is 5.92 Å². The molecule has 25 heavy (non-hydrogen) atoms. The van der Waals surface area contributed by atoms with Crippen LogP contribution < -0.4 is 0 Å². The first kappa shape index (κ1) is 16.9. The lowest BCUT2D eigenvalue weighted by Gasteiger charge is -2.41. The van der Waals surface area contributed by atoms with E-state index in [1.165, 1.54) is 4.90 Å². The van der Waals surface area contributed by atoms with Crippen molar-refractivity contribution in [1.82, 2.24) is 19.6 Å². The number of fused-ring (bicyclic) bond motifs is 1. The minimum atomic E-state index is -2.71. The quantitative estimate of drug-likeness (QED) is 0.823. The standard InChI is InChI=1S/C17H24F2N4O2/c18-17(19)11-22(12-17)16(24)7-15-10-21(8-13-2-5-25-6-3-13)9-14-1-4-20-23(14)15/h1,4,13,15H,2-3,5-12H2/t15-/m1/s1. The van der Waals surface area contributed by atoms with Crippen molar-refractivity contribution in [2.75, 3.05) is 39.4 Å². The van der Waals surface area contributed by atoms with E-state index in [-0.39, 0.29) is 18.4 Å². The van der Waals surface area contributed by atoms with E-state index < -0.39 is 19.0 Å². The number of halogens is 2. The summed E-state index contributed by atoms with van der Waals surface area (Å²) >= 11 is 0. The van der Waals surface area contributed by atoms with Crippen LogP contribution in [0.2, 0.25) is 0 Å². The number of rotatable bonds is 4. The van der Waals surface area contributed by atoms with Gasteiger partial charge in [-0.1, -0.05) is 0 Å². The fourth-order valence-corrected chi connectivity index (χ4v) is 4.07. The van der Waals surface area contributed by atoms with Crippen LogP contribution in [0.5, 0.6) is 0 Å². The Hall–Kier alpha value is -1.54. The second-order valence-corrected chi connectivity index (χ2v) is 7.48. The molecular weight excluding hydrogens is 330 g/mol. The molecule has 2 fully saturated rings. The van der Waals surface area contributed by atoms with Gasteiger partial charge in [-0.25, -0.2) is 8.78 Å². The predicted molar refractivity (Wildman–Crippen MR) is 86.2 cm³/mol. The van der Waals surface area contributed by atoms with Crippen molar-refractivity contribution in [3.05, 3.63) is 18.0 Å². The summed E-state index contributed by atoms with van der Waals surface area (Å²) in [5, 5.41) is 4.36. The number of carbonyl (C=O) groups is 1. The maximum absolute atomic E-state index is 13.0. The van der Waals surface area contributed by atoms with Crippen molar-refractivity contribution in [3.63, 3.8) is 0 Å². The molecule has 2 saturated heterocycles. The molecule has 0 N–H and O–H groups in total. The molecule has 0 aliphatic carbocycles. The summed E-state index contributed by atoms with van der Waals surface area (Å²) in [6, 6.07) is 1.89. The number of likely N-dealkylation sites (tertiary alicyclic amines) is 1. The third-order valence-corrected chi connectivity index (χ3v) is 5.42. The molecule has 1 amide bonds. The van der Waals surface area contributed by atoms with Gasteiger partial charge in [0.1, 0.15) is 0 Å². The Balaban J connectivity index is 1.39. The number of carbonyl (C=O) groups excluding carboxylic acids is 1. The van der Waals surface area contributed by atoms with Gasteiger partial charge in [-0.3, -0.25) is 14.4 Å². The lowest BCUT2D eigenvalue weighted by molar-refractivity contribution is -0.166. The Labute approximate surface area is 145 Å². The lowest BCUT2D eigenvalue weighted by atomic mass is 9.98. The highest BCUT2D eigenvalue weighted by Crippen LogP contribution is 2.30. The highest BCUT2D eigenvalue weighted by atomic mass is 19.3. The second-order valence-electron chi connectivity index (χ2n) is 7.48. The molecule has 1 aromatic rings. The minimum absolute atomic E-state index is 0.0830. The average Bonchev–Trinajstić information content (AvgIpc) is 3.02. The predicted octanol–water partition coefficient (Wildman–Crippen LogP) is 1.53. The van der Waals surface area contributed by atoms with E-state index in [9.17, 15) is 13.6 Å². The van der Waals surface area contributed by atoms with Crippen LogP contribution in [-0.2, 0) is 16.1 Å². The summed E-state index contributed by atoms with van der Waals surface area (Å²) in [5.74, 6) is -2.30. The van der Waals surface area contributed by atoms with Crippen molar-refractivity contribution in [2.24, 2.45) is 5.92 Å². The molecule has 0 saturated carbocycles.